The van der Waals surface area contributed by atoms with E-state index in [1.54, 1.807) is 0 Å². The predicted octanol–water partition coefficient (Wildman–Crippen LogP) is 8.80. The molecule has 48 heavy (non-hydrogen) atoms. The fraction of sp³-hybridized carbons (Fsp3) is 0.789. The number of rotatable bonds is 17. The predicted molar refractivity (Wildman–Crippen MR) is 194 cm³/mol. The molecule has 1 saturated carbocycles. The highest BCUT2D eigenvalue weighted by molar-refractivity contribution is 7.85. The third-order valence-corrected chi connectivity index (χ3v) is 15.6. The SMILES string of the molecule is CCCCCC(C=CC1C(OC2CCCCO2)CC(COS(C)(=O)=O)C1Cc1cccc(O[Si](C)(C)C(C)(C)C)c1)OC1CCCCO1. The van der Waals surface area contributed by atoms with Crippen LogP contribution in [0.15, 0.2) is 36.4 Å². The lowest BCUT2D eigenvalue weighted by molar-refractivity contribution is -0.193. The van der Waals surface area contributed by atoms with Gasteiger partial charge in [-0.3, -0.25) is 4.18 Å². The van der Waals surface area contributed by atoms with Crippen molar-refractivity contribution < 1.29 is 36.0 Å². The molecule has 1 aliphatic carbocycles. The summed E-state index contributed by atoms with van der Waals surface area (Å²) in [6, 6.07) is 8.46. The zero-order valence-electron chi connectivity index (χ0n) is 30.8. The molecule has 7 atom stereocenters. The summed E-state index contributed by atoms with van der Waals surface area (Å²) in [5, 5.41) is 0.0859. The van der Waals surface area contributed by atoms with Crippen LogP contribution in [0.5, 0.6) is 5.75 Å². The molecule has 1 aromatic carbocycles. The Bertz CT molecular complexity index is 1230. The van der Waals surface area contributed by atoms with Gasteiger partial charge < -0.3 is 23.4 Å². The summed E-state index contributed by atoms with van der Waals surface area (Å²) in [4.78, 5) is 0. The normalized spacial score (nSPS) is 28.1. The van der Waals surface area contributed by atoms with Gasteiger partial charge in [0.15, 0.2) is 12.6 Å². The Kier molecular flexibility index (Phi) is 15.1. The molecule has 0 aromatic heterocycles. The van der Waals surface area contributed by atoms with E-state index in [1.165, 1.54) is 5.56 Å². The molecule has 2 aliphatic heterocycles. The maximum absolute atomic E-state index is 12.2. The molecule has 0 spiro atoms. The average Bonchev–Trinajstić information content (AvgIpc) is 3.34. The van der Waals surface area contributed by atoms with Gasteiger partial charge in [0.25, 0.3) is 10.1 Å². The lowest BCUT2D eigenvalue weighted by Crippen LogP contribution is -2.43. The summed E-state index contributed by atoms with van der Waals surface area (Å²) in [5.74, 6) is 0.989. The lowest BCUT2D eigenvalue weighted by Gasteiger charge is -2.36. The Morgan fingerprint density at radius 3 is 2.35 bits per heavy atom. The minimum atomic E-state index is -3.60. The van der Waals surface area contributed by atoms with E-state index in [0.29, 0.717) is 13.0 Å². The smallest absolute Gasteiger partial charge is 0.264 e. The Labute approximate surface area is 292 Å². The Morgan fingerprint density at radius 2 is 1.73 bits per heavy atom. The molecular formula is C38H64O8SSi. The second-order valence-electron chi connectivity index (χ2n) is 15.8. The molecular weight excluding hydrogens is 645 g/mol. The maximum Gasteiger partial charge on any atom is 0.264 e. The van der Waals surface area contributed by atoms with E-state index in [1.807, 2.05) is 0 Å². The van der Waals surface area contributed by atoms with Crippen molar-refractivity contribution in [1.82, 2.24) is 0 Å². The van der Waals surface area contributed by atoms with Gasteiger partial charge in [-0.05, 0) is 105 Å². The highest BCUT2D eigenvalue weighted by Crippen LogP contribution is 2.44. The first-order valence-electron chi connectivity index (χ1n) is 18.6. The van der Waals surface area contributed by atoms with Crippen molar-refractivity contribution in [2.24, 2.45) is 17.8 Å². The molecule has 0 bridgehead atoms. The molecule has 2 heterocycles. The summed E-state index contributed by atoms with van der Waals surface area (Å²) >= 11 is 0. The van der Waals surface area contributed by atoms with Gasteiger partial charge in [0, 0.05) is 19.1 Å². The number of unbranched alkanes of at least 4 members (excludes halogenated alkanes) is 2. The minimum absolute atomic E-state index is 0.0194. The molecule has 274 valence electrons. The maximum atomic E-state index is 12.2. The quantitative estimate of drug-likeness (QED) is 0.0687. The van der Waals surface area contributed by atoms with E-state index in [9.17, 15) is 8.42 Å². The first-order valence-corrected chi connectivity index (χ1v) is 23.3. The molecule has 0 amide bonds. The second-order valence-corrected chi connectivity index (χ2v) is 22.1. The summed E-state index contributed by atoms with van der Waals surface area (Å²) < 4.78 is 61.9. The van der Waals surface area contributed by atoms with E-state index in [4.69, 9.17) is 27.6 Å². The summed E-state index contributed by atoms with van der Waals surface area (Å²) in [7, 11) is -5.62. The molecule has 4 rings (SSSR count). The van der Waals surface area contributed by atoms with Crippen LogP contribution in [0, 0.1) is 17.8 Å². The fourth-order valence-electron chi connectivity index (χ4n) is 6.88. The number of ether oxygens (including phenoxy) is 4. The van der Waals surface area contributed by atoms with Crippen molar-refractivity contribution in [2.45, 2.75) is 148 Å². The van der Waals surface area contributed by atoms with Gasteiger partial charge in [-0.15, -0.1) is 0 Å². The van der Waals surface area contributed by atoms with Gasteiger partial charge in [-0.1, -0.05) is 71.2 Å². The molecule has 2 saturated heterocycles. The highest BCUT2D eigenvalue weighted by atomic mass is 32.2. The van der Waals surface area contributed by atoms with E-state index in [2.05, 4.69) is 77.2 Å². The standard InChI is InChI=1S/C38H64O8SSi/c1-8-9-10-17-31(44-36-19-11-13-23-41-36)21-22-33-34(26-29-16-15-18-32(25-29)46-48(6,7)38(2,3)4)30(28-43-47(5,39)40)27-35(33)45-37-20-12-14-24-42-37/h15-16,18,21-22,25,30-31,33-37H,8-14,17,19-20,23-24,26-28H2,1-7H3. The van der Waals surface area contributed by atoms with Crippen molar-refractivity contribution >= 4 is 18.4 Å². The van der Waals surface area contributed by atoms with Crippen LogP contribution in [0.1, 0.15) is 104 Å². The molecule has 3 fully saturated rings. The van der Waals surface area contributed by atoms with Crippen LogP contribution in [-0.2, 0) is 39.7 Å². The van der Waals surface area contributed by atoms with Gasteiger partial charge in [-0.25, -0.2) is 0 Å². The minimum Gasteiger partial charge on any atom is -0.543 e. The highest BCUT2D eigenvalue weighted by Gasteiger charge is 2.44. The third-order valence-electron chi connectivity index (χ3n) is 10.7. The van der Waals surface area contributed by atoms with Crippen LogP contribution in [0.3, 0.4) is 0 Å². The Hall–Kier alpha value is -1.27. The summed E-state index contributed by atoms with van der Waals surface area (Å²) in [6.07, 6.45) is 17.0. The van der Waals surface area contributed by atoms with Crippen molar-refractivity contribution in [3.8, 4) is 5.75 Å². The number of hydrogen-bond donors (Lipinski definition) is 0. The summed E-state index contributed by atoms with van der Waals surface area (Å²) in [6.45, 7) is 15.1. The molecule has 3 aliphatic rings. The number of benzene rings is 1. The van der Waals surface area contributed by atoms with Gasteiger partial charge in [0.1, 0.15) is 5.75 Å². The first-order chi connectivity index (χ1) is 22.7. The van der Waals surface area contributed by atoms with Gasteiger partial charge in [0.2, 0.25) is 8.32 Å². The second kappa shape index (κ2) is 18.3. The van der Waals surface area contributed by atoms with Crippen LogP contribution in [-0.4, -0.2) is 67.6 Å². The first kappa shape index (κ1) is 39.5. The van der Waals surface area contributed by atoms with E-state index < -0.39 is 18.4 Å². The summed E-state index contributed by atoms with van der Waals surface area (Å²) in [5.41, 5.74) is 1.17. The van der Waals surface area contributed by atoms with Crippen LogP contribution >= 0.6 is 0 Å². The van der Waals surface area contributed by atoms with Gasteiger partial charge >= 0.3 is 0 Å². The molecule has 0 N–H and O–H groups in total. The Morgan fingerprint density at radius 1 is 1.02 bits per heavy atom. The fourth-order valence-corrected chi connectivity index (χ4v) is 8.32. The van der Waals surface area contributed by atoms with Gasteiger partial charge in [0.05, 0.1) is 25.1 Å². The monoisotopic (exact) mass is 708 g/mol. The van der Waals surface area contributed by atoms with E-state index in [-0.39, 0.29) is 54.2 Å². The van der Waals surface area contributed by atoms with Crippen molar-refractivity contribution in [3.63, 3.8) is 0 Å². The number of hydrogen-bond acceptors (Lipinski definition) is 8. The van der Waals surface area contributed by atoms with Crippen molar-refractivity contribution in [1.29, 1.82) is 0 Å². The van der Waals surface area contributed by atoms with E-state index >= 15 is 0 Å². The third kappa shape index (κ3) is 12.5. The molecule has 1 aromatic rings. The van der Waals surface area contributed by atoms with Crippen LogP contribution < -0.4 is 4.43 Å². The largest absolute Gasteiger partial charge is 0.543 e. The molecule has 7 unspecified atom stereocenters. The van der Waals surface area contributed by atoms with Crippen LogP contribution in [0.2, 0.25) is 18.1 Å². The van der Waals surface area contributed by atoms with Crippen LogP contribution in [0.25, 0.3) is 0 Å². The molecule has 10 heteroatoms. The molecule has 0 radical (unpaired) electrons. The average molecular weight is 709 g/mol. The van der Waals surface area contributed by atoms with Crippen LogP contribution in [0.4, 0.5) is 0 Å². The van der Waals surface area contributed by atoms with Crippen molar-refractivity contribution in [2.75, 3.05) is 26.1 Å². The van der Waals surface area contributed by atoms with Gasteiger partial charge in [-0.2, -0.15) is 8.42 Å². The Balaban J connectivity index is 1.64. The van der Waals surface area contributed by atoms with Crippen molar-refractivity contribution in [3.05, 3.63) is 42.0 Å². The zero-order valence-corrected chi connectivity index (χ0v) is 32.6. The molecule has 8 nitrogen and oxygen atoms in total. The lowest BCUT2D eigenvalue weighted by atomic mass is 9.83. The van der Waals surface area contributed by atoms with E-state index in [0.717, 1.165) is 89.2 Å². The topological polar surface area (TPSA) is 89.5 Å². The zero-order chi connectivity index (χ0) is 34.8.